The van der Waals surface area contributed by atoms with Gasteiger partial charge >= 0.3 is 0 Å². The highest BCUT2D eigenvalue weighted by Gasteiger charge is 2.32. The number of ether oxygens (including phenoxy) is 4. The van der Waals surface area contributed by atoms with Crippen LogP contribution in [0.1, 0.15) is 25.8 Å². The molecule has 0 saturated carbocycles. The molecule has 0 bridgehead atoms. The van der Waals surface area contributed by atoms with Crippen LogP contribution in [0.5, 0.6) is 0 Å². The van der Waals surface area contributed by atoms with Gasteiger partial charge in [-0.15, -0.1) is 0 Å². The summed E-state index contributed by atoms with van der Waals surface area (Å²) in [4.78, 5) is 0. The van der Waals surface area contributed by atoms with Crippen LogP contribution in [0.25, 0.3) is 0 Å². The van der Waals surface area contributed by atoms with Crippen LogP contribution in [0.3, 0.4) is 0 Å². The highest BCUT2D eigenvalue weighted by atomic mass is 16.7. The summed E-state index contributed by atoms with van der Waals surface area (Å²) in [6.45, 7) is 7.10. The Bertz CT molecular complexity index is 377. The van der Waals surface area contributed by atoms with Crippen molar-refractivity contribution in [3.8, 4) is 0 Å². The Kier molecular flexibility index (Phi) is 5.98. The van der Waals surface area contributed by atoms with Gasteiger partial charge in [-0.25, -0.2) is 0 Å². The maximum absolute atomic E-state index is 5.66. The van der Waals surface area contributed by atoms with E-state index in [-0.39, 0.29) is 6.10 Å². The van der Waals surface area contributed by atoms with Crippen LogP contribution in [0, 0.1) is 0 Å². The largest absolute Gasteiger partial charge is 0.379 e. The predicted molar refractivity (Wildman–Crippen MR) is 76.4 cm³/mol. The van der Waals surface area contributed by atoms with Crippen molar-refractivity contribution < 1.29 is 18.9 Å². The van der Waals surface area contributed by atoms with Gasteiger partial charge in [-0.2, -0.15) is 0 Å². The van der Waals surface area contributed by atoms with Crippen molar-refractivity contribution in [3.63, 3.8) is 0 Å². The molecule has 0 aliphatic carbocycles. The van der Waals surface area contributed by atoms with Crippen LogP contribution >= 0.6 is 0 Å². The molecule has 1 fully saturated rings. The van der Waals surface area contributed by atoms with Crippen LogP contribution in [0.15, 0.2) is 30.3 Å². The lowest BCUT2D eigenvalue weighted by Gasteiger charge is -2.17. The van der Waals surface area contributed by atoms with Crippen molar-refractivity contribution in [2.75, 3.05) is 26.4 Å². The van der Waals surface area contributed by atoms with E-state index < -0.39 is 5.79 Å². The number of hydrogen-bond acceptors (Lipinski definition) is 4. The van der Waals surface area contributed by atoms with E-state index >= 15 is 0 Å². The van der Waals surface area contributed by atoms with Crippen LogP contribution in [-0.4, -0.2) is 38.3 Å². The van der Waals surface area contributed by atoms with E-state index in [0.29, 0.717) is 33.0 Å². The molecule has 20 heavy (non-hydrogen) atoms. The Balaban J connectivity index is 1.44. The minimum Gasteiger partial charge on any atom is -0.379 e. The third-order valence-corrected chi connectivity index (χ3v) is 3.06. The van der Waals surface area contributed by atoms with Crippen molar-refractivity contribution in [1.29, 1.82) is 0 Å². The summed E-state index contributed by atoms with van der Waals surface area (Å²) >= 11 is 0. The SMILES string of the molecule is CC1(C)OC[C@@H](COCCCOCc2ccccc2)O1. The monoisotopic (exact) mass is 280 g/mol. The first kappa shape index (κ1) is 15.4. The molecule has 1 aromatic carbocycles. The molecule has 0 aromatic heterocycles. The number of hydrogen-bond donors (Lipinski definition) is 0. The second-order valence-electron chi connectivity index (χ2n) is 5.42. The molecule has 0 N–H and O–H groups in total. The van der Waals surface area contributed by atoms with Gasteiger partial charge in [0.15, 0.2) is 5.79 Å². The Labute approximate surface area is 121 Å². The average Bonchev–Trinajstić information content (AvgIpc) is 2.78. The Morgan fingerprint density at radius 2 is 1.90 bits per heavy atom. The third-order valence-electron chi connectivity index (χ3n) is 3.06. The zero-order chi connectivity index (χ0) is 14.3. The first-order valence-corrected chi connectivity index (χ1v) is 7.17. The standard InChI is InChI=1S/C16H24O4/c1-16(2)19-13-15(20-16)12-18-10-6-9-17-11-14-7-4-3-5-8-14/h3-5,7-8,15H,6,9-13H2,1-2H3/t15-/m1/s1. The molecule has 0 amide bonds. The van der Waals surface area contributed by atoms with Crippen LogP contribution in [-0.2, 0) is 25.6 Å². The van der Waals surface area contributed by atoms with Gasteiger partial charge in [0.05, 0.1) is 19.8 Å². The fourth-order valence-corrected chi connectivity index (χ4v) is 2.09. The molecule has 0 radical (unpaired) electrons. The third kappa shape index (κ3) is 5.59. The lowest BCUT2D eigenvalue weighted by atomic mass is 10.2. The molecule has 1 saturated heterocycles. The topological polar surface area (TPSA) is 36.9 Å². The molecular weight excluding hydrogens is 256 g/mol. The van der Waals surface area contributed by atoms with Crippen molar-refractivity contribution in [2.45, 2.75) is 38.8 Å². The minimum atomic E-state index is -0.465. The van der Waals surface area contributed by atoms with Gasteiger partial charge in [-0.05, 0) is 25.8 Å². The summed E-state index contributed by atoms with van der Waals surface area (Å²) in [5, 5.41) is 0. The molecule has 112 valence electrons. The first-order valence-electron chi connectivity index (χ1n) is 7.17. The smallest absolute Gasteiger partial charge is 0.163 e. The fraction of sp³-hybridized carbons (Fsp3) is 0.625. The Hall–Kier alpha value is -0.940. The van der Waals surface area contributed by atoms with Gasteiger partial charge in [0, 0.05) is 13.2 Å². The lowest BCUT2D eigenvalue weighted by molar-refractivity contribution is -0.145. The second kappa shape index (κ2) is 7.74. The zero-order valence-corrected chi connectivity index (χ0v) is 12.3. The highest BCUT2D eigenvalue weighted by Crippen LogP contribution is 2.22. The summed E-state index contributed by atoms with van der Waals surface area (Å²) in [5.74, 6) is -0.465. The number of benzene rings is 1. The lowest BCUT2D eigenvalue weighted by Crippen LogP contribution is -2.24. The van der Waals surface area contributed by atoms with Crippen LogP contribution < -0.4 is 0 Å². The highest BCUT2D eigenvalue weighted by molar-refractivity contribution is 5.13. The van der Waals surface area contributed by atoms with E-state index in [1.807, 2.05) is 32.0 Å². The molecule has 1 aliphatic heterocycles. The van der Waals surface area contributed by atoms with Gasteiger partial charge in [-0.3, -0.25) is 0 Å². The molecule has 1 heterocycles. The maximum Gasteiger partial charge on any atom is 0.163 e. The first-order chi connectivity index (χ1) is 9.66. The zero-order valence-electron chi connectivity index (χ0n) is 12.3. The van der Waals surface area contributed by atoms with E-state index in [4.69, 9.17) is 18.9 Å². The van der Waals surface area contributed by atoms with Crippen molar-refractivity contribution in [1.82, 2.24) is 0 Å². The maximum atomic E-state index is 5.66. The average molecular weight is 280 g/mol. The van der Waals surface area contributed by atoms with E-state index in [2.05, 4.69) is 12.1 Å². The van der Waals surface area contributed by atoms with Crippen molar-refractivity contribution in [2.24, 2.45) is 0 Å². The van der Waals surface area contributed by atoms with Crippen molar-refractivity contribution in [3.05, 3.63) is 35.9 Å². The molecule has 4 heteroatoms. The summed E-state index contributed by atoms with van der Waals surface area (Å²) in [7, 11) is 0. The summed E-state index contributed by atoms with van der Waals surface area (Å²) in [5.41, 5.74) is 1.20. The second-order valence-corrected chi connectivity index (χ2v) is 5.42. The normalized spacial score (nSPS) is 21.2. The molecule has 0 spiro atoms. The molecule has 1 atom stereocenters. The van der Waals surface area contributed by atoms with Gasteiger partial charge in [0.25, 0.3) is 0 Å². The van der Waals surface area contributed by atoms with Crippen LogP contribution in [0.4, 0.5) is 0 Å². The van der Waals surface area contributed by atoms with Gasteiger partial charge < -0.3 is 18.9 Å². The van der Waals surface area contributed by atoms with Gasteiger partial charge in [0.2, 0.25) is 0 Å². The summed E-state index contributed by atoms with van der Waals surface area (Å²) in [6.07, 6.45) is 0.944. The fourth-order valence-electron chi connectivity index (χ4n) is 2.09. The Morgan fingerprint density at radius 1 is 1.15 bits per heavy atom. The predicted octanol–water partition coefficient (Wildman–Crippen LogP) is 2.76. The van der Waals surface area contributed by atoms with E-state index in [9.17, 15) is 0 Å². The van der Waals surface area contributed by atoms with Gasteiger partial charge in [-0.1, -0.05) is 30.3 Å². The van der Waals surface area contributed by atoms with E-state index in [1.165, 1.54) is 5.56 Å². The quantitative estimate of drug-likeness (QED) is 0.686. The summed E-state index contributed by atoms with van der Waals surface area (Å²) < 4.78 is 22.3. The molecule has 1 aromatic rings. The summed E-state index contributed by atoms with van der Waals surface area (Å²) in [6, 6.07) is 10.2. The number of rotatable bonds is 8. The van der Waals surface area contributed by atoms with Crippen LogP contribution in [0.2, 0.25) is 0 Å². The van der Waals surface area contributed by atoms with Crippen molar-refractivity contribution >= 4 is 0 Å². The van der Waals surface area contributed by atoms with E-state index in [1.54, 1.807) is 0 Å². The Morgan fingerprint density at radius 3 is 2.60 bits per heavy atom. The van der Waals surface area contributed by atoms with E-state index in [0.717, 1.165) is 6.42 Å². The molecular formula is C16H24O4. The molecule has 1 aliphatic rings. The van der Waals surface area contributed by atoms with Gasteiger partial charge in [0.1, 0.15) is 6.10 Å². The molecule has 4 nitrogen and oxygen atoms in total. The molecule has 2 rings (SSSR count). The molecule has 0 unspecified atom stereocenters. The minimum absolute atomic E-state index is 0.0511.